The number of ether oxygens (including phenoxy) is 3. The molecule has 1 saturated carbocycles. The number of carbonyl (C=O) groups is 3. The van der Waals surface area contributed by atoms with Gasteiger partial charge < -0.3 is 34.6 Å². The molecule has 2 aliphatic rings. The Morgan fingerprint density at radius 2 is 1.89 bits per heavy atom. The van der Waals surface area contributed by atoms with Crippen molar-refractivity contribution in [2.24, 2.45) is 5.92 Å². The number of amides is 2. The number of aliphatic hydroxyl groups is 1. The fraction of sp³-hybridized carbons (Fsp3) is 0.654. The number of methoxy groups -OCH3 is 2. The number of aromatic hydroxyl groups is 1. The molecule has 2 amide bonds. The van der Waals surface area contributed by atoms with Crippen LogP contribution in [0.1, 0.15) is 50.5 Å². The van der Waals surface area contributed by atoms with Gasteiger partial charge in [-0.1, -0.05) is 19.3 Å². The van der Waals surface area contributed by atoms with E-state index in [0.29, 0.717) is 30.8 Å². The number of phenols is 1. The Balaban J connectivity index is 1.77. The smallest absolute Gasteiger partial charge is 0.328 e. The van der Waals surface area contributed by atoms with Crippen molar-refractivity contribution in [3.8, 4) is 11.5 Å². The molecule has 0 bridgehead atoms. The maximum absolute atomic E-state index is 13.8. The van der Waals surface area contributed by atoms with Crippen LogP contribution < -0.4 is 10.1 Å². The first-order valence-corrected chi connectivity index (χ1v) is 12.6. The summed E-state index contributed by atoms with van der Waals surface area (Å²) in [5.41, 5.74) is 0.560. The number of nitrogens with one attached hydrogen (secondary N) is 1. The largest absolute Gasteiger partial charge is 0.508 e. The van der Waals surface area contributed by atoms with E-state index >= 15 is 0 Å². The zero-order valence-corrected chi connectivity index (χ0v) is 21.1. The quantitative estimate of drug-likeness (QED) is 0.304. The number of rotatable bonds is 11. The van der Waals surface area contributed by atoms with Crippen molar-refractivity contribution in [2.75, 3.05) is 34.0 Å². The fourth-order valence-electron chi connectivity index (χ4n) is 5.14. The van der Waals surface area contributed by atoms with Gasteiger partial charge in [0.1, 0.15) is 23.6 Å². The summed E-state index contributed by atoms with van der Waals surface area (Å²) in [7, 11) is 2.76. The van der Waals surface area contributed by atoms with E-state index in [1.165, 1.54) is 31.3 Å². The van der Waals surface area contributed by atoms with Crippen molar-refractivity contribution in [1.82, 2.24) is 10.2 Å². The van der Waals surface area contributed by atoms with E-state index in [4.69, 9.17) is 19.3 Å². The number of carbonyl (C=O) groups excluding carboxylic acids is 3. The standard InChI is InChI=1S/C26H38N2O8/c1-34-20-12-17(11-19(30)14-20)13-23(31)27-24(18-7-4-3-5-8-18)25(32)28-16-21(36-10-6-9-29)15-22(28)26(33)35-2/h11-12,14,18,21-22,24,29-30H,3-10,13,15-16H2,1-2H3,(H,27,31). The number of phenolic OH excluding ortho intramolecular Hbond substituents is 1. The topological polar surface area (TPSA) is 135 Å². The number of esters is 1. The minimum Gasteiger partial charge on any atom is -0.508 e. The summed E-state index contributed by atoms with van der Waals surface area (Å²) < 4.78 is 15.9. The van der Waals surface area contributed by atoms with Gasteiger partial charge >= 0.3 is 5.97 Å². The van der Waals surface area contributed by atoms with Crippen LogP contribution in [0.25, 0.3) is 0 Å². The Kier molecular flexibility index (Phi) is 10.4. The summed E-state index contributed by atoms with van der Waals surface area (Å²) in [6.45, 7) is 0.538. The highest BCUT2D eigenvalue weighted by Crippen LogP contribution is 2.30. The number of benzene rings is 1. The molecule has 0 radical (unpaired) electrons. The highest BCUT2D eigenvalue weighted by molar-refractivity contribution is 5.92. The van der Waals surface area contributed by atoms with Crippen LogP contribution in [0.5, 0.6) is 11.5 Å². The van der Waals surface area contributed by atoms with Crippen LogP contribution in [-0.4, -0.2) is 85.1 Å². The van der Waals surface area contributed by atoms with Crippen LogP contribution in [0.3, 0.4) is 0 Å². The molecule has 10 heteroatoms. The zero-order valence-electron chi connectivity index (χ0n) is 21.1. The predicted molar refractivity (Wildman–Crippen MR) is 130 cm³/mol. The normalized spacial score (nSPS) is 21.1. The third kappa shape index (κ3) is 7.33. The second-order valence-electron chi connectivity index (χ2n) is 9.49. The number of likely N-dealkylation sites (tertiary alicyclic amines) is 1. The second-order valence-corrected chi connectivity index (χ2v) is 9.49. The van der Waals surface area contributed by atoms with Crippen LogP contribution in [0.4, 0.5) is 0 Å². The van der Waals surface area contributed by atoms with Gasteiger partial charge in [0.25, 0.3) is 0 Å². The Morgan fingerprint density at radius 3 is 2.56 bits per heavy atom. The van der Waals surface area contributed by atoms with Crippen molar-refractivity contribution in [3.63, 3.8) is 0 Å². The van der Waals surface area contributed by atoms with E-state index in [1.807, 2.05) is 0 Å². The Labute approximate surface area is 211 Å². The van der Waals surface area contributed by atoms with Crippen LogP contribution in [0, 0.1) is 5.92 Å². The number of hydrogen-bond donors (Lipinski definition) is 3. The molecule has 3 unspecified atom stereocenters. The van der Waals surface area contributed by atoms with Gasteiger partial charge in [-0.15, -0.1) is 0 Å². The van der Waals surface area contributed by atoms with Crippen LogP contribution in [-0.2, 0) is 30.3 Å². The molecule has 200 valence electrons. The molecule has 1 heterocycles. The lowest BCUT2D eigenvalue weighted by atomic mass is 9.83. The van der Waals surface area contributed by atoms with Gasteiger partial charge in [0, 0.05) is 32.2 Å². The lowest BCUT2D eigenvalue weighted by Gasteiger charge is -2.34. The number of nitrogens with zero attached hydrogens (tertiary/aromatic N) is 1. The first-order valence-electron chi connectivity index (χ1n) is 12.6. The van der Waals surface area contributed by atoms with E-state index in [2.05, 4.69) is 5.32 Å². The monoisotopic (exact) mass is 506 g/mol. The maximum atomic E-state index is 13.8. The van der Waals surface area contributed by atoms with Gasteiger partial charge in [0.15, 0.2) is 0 Å². The molecule has 1 saturated heterocycles. The molecular formula is C26H38N2O8. The highest BCUT2D eigenvalue weighted by atomic mass is 16.5. The summed E-state index contributed by atoms with van der Waals surface area (Å²) in [6.07, 6.45) is 5.04. The molecule has 2 fully saturated rings. The van der Waals surface area contributed by atoms with E-state index in [0.717, 1.165) is 32.1 Å². The Bertz CT molecular complexity index is 902. The van der Waals surface area contributed by atoms with Gasteiger partial charge in [0.05, 0.1) is 26.7 Å². The summed E-state index contributed by atoms with van der Waals surface area (Å²) in [5, 5.41) is 21.9. The summed E-state index contributed by atoms with van der Waals surface area (Å²) in [6, 6.07) is 3.04. The van der Waals surface area contributed by atoms with Gasteiger partial charge in [-0.25, -0.2) is 4.79 Å². The van der Waals surface area contributed by atoms with E-state index in [1.54, 1.807) is 6.07 Å². The van der Waals surface area contributed by atoms with Gasteiger partial charge in [0.2, 0.25) is 11.8 Å². The molecule has 1 aliphatic carbocycles. The van der Waals surface area contributed by atoms with Crippen molar-refractivity contribution < 1.29 is 38.8 Å². The summed E-state index contributed by atoms with van der Waals surface area (Å²) >= 11 is 0. The molecule has 1 aromatic rings. The van der Waals surface area contributed by atoms with Gasteiger partial charge in [-0.05, 0) is 42.9 Å². The van der Waals surface area contributed by atoms with E-state index in [9.17, 15) is 19.5 Å². The Morgan fingerprint density at radius 1 is 1.14 bits per heavy atom. The lowest BCUT2D eigenvalue weighted by Crippen LogP contribution is -2.55. The average molecular weight is 507 g/mol. The SMILES string of the molecule is COC(=O)C1CC(OCCCO)CN1C(=O)C(NC(=O)Cc1cc(O)cc(OC)c1)C1CCCCC1. The fourth-order valence-corrected chi connectivity index (χ4v) is 5.14. The molecule has 1 aliphatic heterocycles. The molecule has 3 atom stereocenters. The number of aliphatic hydroxyl groups excluding tert-OH is 1. The molecule has 3 rings (SSSR count). The first-order chi connectivity index (χ1) is 17.4. The summed E-state index contributed by atoms with van der Waals surface area (Å²) in [4.78, 5) is 40.9. The van der Waals surface area contributed by atoms with Crippen molar-refractivity contribution in [2.45, 2.75) is 69.6 Å². The van der Waals surface area contributed by atoms with Crippen molar-refractivity contribution in [1.29, 1.82) is 0 Å². The number of hydrogen-bond acceptors (Lipinski definition) is 8. The van der Waals surface area contributed by atoms with Gasteiger partial charge in [-0.3, -0.25) is 9.59 Å². The molecule has 1 aromatic carbocycles. The van der Waals surface area contributed by atoms with Gasteiger partial charge in [-0.2, -0.15) is 0 Å². The Hall–Kier alpha value is -2.85. The van der Waals surface area contributed by atoms with Crippen LogP contribution in [0.2, 0.25) is 0 Å². The molecule has 3 N–H and O–H groups in total. The highest BCUT2D eigenvalue weighted by Gasteiger charge is 2.44. The van der Waals surface area contributed by atoms with Crippen molar-refractivity contribution in [3.05, 3.63) is 23.8 Å². The average Bonchev–Trinajstić information content (AvgIpc) is 3.31. The summed E-state index contributed by atoms with van der Waals surface area (Å²) in [5.74, 6) is -0.799. The minimum atomic E-state index is -0.792. The molecule has 10 nitrogen and oxygen atoms in total. The second kappa shape index (κ2) is 13.5. The first kappa shape index (κ1) is 27.7. The van der Waals surface area contributed by atoms with Crippen LogP contribution in [0.15, 0.2) is 18.2 Å². The minimum absolute atomic E-state index is 0.00333. The molecule has 0 aromatic heterocycles. The molecule has 36 heavy (non-hydrogen) atoms. The third-order valence-corrected chi connectivity index (χ3v) is 6.93. The zero-order chi connectivity index (χ0) is 26.1. The van der Waals surface area contributed by atoms with Crippen molar-refractivity contribution >= 4 is 17.8 Å². The van der Waals surface area contributed by atoms with E-state index < -0.39 is 18.1 Å². The predicted octanol–water partition coefficient (Wildman–Crippen LogP) is 1.55. The molecular weight excluding hydrogens is 468 g/mol. The third-order valence-electron chi connectivity index (χ3n) is 6.93. The lowest BCUT2D eigenvalue weighted by molar-refractivity contribution is -0.152. The van der Waals surface area contributed by atoms with E-state index in [-0.39, 0.29) is 49.2 Å². The molecule has 0 spiro atoms. The maximum Gasteiger partial charge on any atom is 0.328 e. The van der Waals surface area contributed by atoms with Crippen LogP contribution >= 0.6 is 0 Å².